The van der Waals surface area contributed by atoms with Gasteiger partial charge in [-0.25, -0.2) is 0 Å². The summed E-state index contributed by atoms with van der Waals surface area (Å²) in [7, 11) is 0. The monoisotopic (exact) mass is 320 g/mol. The SMILES string of the molecule is C=C(C)C(C)CN(C(=C)c1ccc(N)cc1)c1cc(C)ccc1C. The third-order valence-electron chi connectivity index (χ3n) is 4.52. The molecule has 0 aliphatic carbocycles. The van der Waals surface area contributed by atoms with Crippen molar-refractivity contribution in [3.8, 4) is 0 Å². The molecule has 2 aromatic carbocycles. The molecule has 2 rings (SSSR count). The van der Waals surface area contributed by atoms with Crippen LogP contribution in [0, 0.1) is 19.8 Å². The second-order valence-electron chi connectivity index (χ2n) is 6.72. The second kappa shape index (κ2) is 7.39. The average Bonchev–Trinajstić information content (AvgIpc) is 2.55. The average molecular weight is 320 g/mol. The molecular weight excluding hydrogens is 292 g/mol. The number of nitrogens with zero attached hydrogens (tertiary/aromatic N) is 1. The van der Waals surface area contributed by atoms with E-state index in [0.717, 1.165) is 23.5 Å². The second-order valence-corrected chi connectivity index (χ2v) is 6.72. The molecule has 2 aromatic rings. The van der Waals surface area contributed by atoms with Crippen molar-refractivity contribution in [2.24, 2.45) is 5.92 Å². The minimum absolute atomic E-state index is 0.371. The fraction of sp³-hybridized carbons (Fsp3) is 0.273. The fourth-order valence-corrected chi connectivity index (χ4v) is 2.63. The van der Waals surface area contributed by atoms with Gasteiger partial charge in [0.2, 0.25) is 0 Å². The first kappa shape index (κ1) is 17.9. The van der Waals surface area contributed by atoms with Crippen LogP contribution in [0.15, 0.2) is 61.2 Å². The summed E-state index contributed by atoms with van der Waals surface area (Å²) in [5.74, 6) is 0.371. The molecule has 126 valence electrons. The first-order chi connectivity index (χ1) is 11.3. The Labute approximate surface area is 146 Å². The molecule has 2 N–H and O–H groups in total. The lowest BCUT2D eigenvalue weighted by molar-refractivity contribution is 0.683. The number of anilines is 2. The molecule has 0 heterocycles. The molecule has 2 nitrogen and oxygen atoms in total. The number of aryl methyl sites for hydroxylation is 2. The summed E-state index contributed by atoms with van der Waals surface area (Å²) in [6.07, 6.45) is 0. The van der Waals surface area contributed by atoms with Gasteiger partial charge in [0.15, 0.2) is 0 Å². The Morgan fingerprint density at radius 2 is 1.71 bits per heavy atom. The Kier molecular flexibility index (Phi) is 5.50. The standard InChI is InChI=1S/C22H28N2/c1-15(2)18(5)14-24(22-13-16(3)7-8-17(22)4)19(6)20-9-11-21(23)12-10-20/h7-13,18H,1,6,14,23H2,2-5H3. The maximum absolute atomic E-state index is 5.82. The number of nitrogen functional groups attached to an aromatic ring is 1. The zero-order valence-electron chi connectivity index (χ0n) is 15.3. The molecule has 0 aliphatic rings. The molecular formula is C22H28N2. The highest BCUT2D eigenvalue weighted by atomic mass is 15.1. The summed E-state index contributed by atoms with van der Waals surface area (Å²) in [6, 6.07) is 14.4. The molecule has 0 aromatic heterocycles. The molecule has 0 aliphatic heterocycles. The van der Waals surface area contributed by atoms with E-state index >= 15 is 0 Å². The predicted octanol–water partition coefficient (Wildman–Crippen LogP) is 5.58. The third-order valence-corrected chi connectivity index (χ3v) is 4.52. The summed E-state index contributed by atoms with van der Waals surface area (Å²) in [5, 5.41) is 0. The van der Waals surface area contributed by atoms with Crippen molar-refractivity contribution in [3.05, 3.63) is 77.9 Å². The number of rotatable bonds is 6. The molecule has 0 radical (unpaired) electrons. The van der Waals surface area contributed by atoms with Crippen molar-refractivity contribution in [2.45, 2.75) is 27.7 Å². The number of nitrogens with two attached hydrogens (primary N) is 1. The molecule has 2 heteroatoms. The zero-order valence-corrected chi connectivity index (χ0v) is 15.3. The molecule has 0 saturated carbocycles. The molecule has 0 amide bonds. The highest BCUT2D eigenvalue weighted by Gasteiger charge is 2.18. The molecule has 0 fully saturated rings. The van der Waals surface area contributed by atoms with Gasteiger partial charge in [-0.15, -0.1) is 0 Å². The first-order valence-corrected chi connectivity index (χ1v) is 8.34. The lowest BCUT2D eigenvalue weighted by Crippen LogP contribution is -2.28. The lowest BCUT2D eigenvalue weighted by Gasteiger charge is -2.31. The smallest absolute Gasteiger partial charge is 0.0443 e. The van der Waals surface area contributed by atoms with Crippen molar-refractivity contribution in [2.75, 3.05) is 17.2 Å². The maximum Gasteiger partial charge on any atom is 0.0443 e. The van der Waals surface area contributed by atoms with Crippen molar-refractivity contribution in [1.82, 2.24) is 0 Å². The molecule has 0 spiro atoms. The Morgan fingerprint density at radius 3 is 2.29 bits per heavy atom. The minimum Gasteiger partial charge on any atom is -0.399 e. The highest BCUT2D eigenvalue weighted by molar-refractivity contribution is 5.80. The van der Waals surface area contributed by atoms with Gasteiger partial charge in [0.05, 0.1) is 0 Å². The van der Waals surface area contributed by atoms with Crippen molar-refractivity contribution >= 4 is 17.1 Å². The molecule has 1 atom stereocenters. The van der Waals surface area contributed by atoms with E-state index < -0.39 is 0 Å². The van der Waals surface area contributed by atoms with E-state index in [0.29, 0.717) is 5.92 Å². The van der Waals surface area contributed by atoms with E-state index in [1.54, 1.807) is 0 Å². The Hall–Kier alpha value is -2.48. The minimum atomic E-state index is 0.371. The van der Waals surface area contributed by atoms with Crippen LogP contribution in [0.2, 0.25) is 0 Å². The summed E-state index contributed by atoms with van der Waals surface area (Å²) in [6.45, 7) is 17.9. The zero-order chi connectivity index (χ0) is 17.9. The maximum atomic E-state index is 5.82. The van der Waals surface area contributed by atoms with Crippen LogP contribution in [0.4, 0.5) is 11.4 Å². The van der Waals surface area contributed by atoms with Gasteiger partial charge in [-0.3, -0.25) is 0 Å². The number of hydrogen-bond acceptors (Lipinski definition) is 2. The van der Waals surface area contributed by atoms with E-state index in [2.05, 4.69) is 64.0 Å². The van der Waals surface area contributed by atoms with Gasteiger partial charge in [0.25, 0.3) is 0 Å². The van der Waals surface area contributed by atoms with Gasteiger partial charge in [0, 0.05) is 23.6 Å². The largest absolute Gasteiger partial charge is 0.399 e. The van der Waals surface area contributed by atoms with Gasteiger partial charge in [-0.1, -0.05) is 49.9 Å². The summed E-state index contributed by atoms with van der Waals surface area (Å²) in [5.41, 5.74) is 13.5. The van der Waals surface area contributed by atoms with Crippen molar-refractivity contribution in [3.63, 3.8) is 0 Å². The normalized spacial score (nSPS) is 11.8. The lowest BCUT2D eigenvalue weighted by atomic mass is 10.0. The van der Waals surface area contributed by atoms with E-state index in [9.17, 15) is 0 Å². The quantitative estimate of drug-likeness (QED) is 0.556. The fourth-order valence-electron chi connectivity index (χ4n) is 2.63. The van der Waals surface area contributed by atoms with E-state index in [1.165, 1.54) is 22.4 Å². The van der Waals surface area contributed by atoms with Gasteiger partial charge in [0.1, 0.15) is 0 Å². The topological polar surface area (TPSA) is 29.3 Å². The van der Waals surface area contributed by atoms with Crippen LogP contribution in [0.25, 0.3) is 5.70 Å². The first-order valence-electron chi connectivity index (χ1n) is 8.34. The van der Waals surface area contributed by atoms with Gasteiger partial charge < -0.3 is 10.6 Å². The van der Waals surface area contributed by atoms with E-state index in [-0.39, 0.29) is 0 Å². The van der Waals surface area contributed by atoms with Crippen LogP contribution >= 0.6 is 0 Å². The van der Waals surface area contributed by atoms with Crippen LogP contribution < -0.4 is 10.6 Å². The van der Waals surface area contributed by atoms with E-state index in [4.69, 9.17) is 5.73 Å². The number of hydrogen-bond donors (Lipinski definition) is 1. The molecule has 0 bridgehead atoms. The summed E-state index contributed by atoms with van der Waals surface area (Å²) < 4.78 is 0. The van der Waals surface area contributed by atoms with Gasteiger partial charge >= 0.3 is 0 Å². The predicted molar refractivity (Wildman–Crippen MR) is 107 cm³/mol. The third kappa shape index (κ3) is 4.08. The van der Waals surface area contributed by atoms with Crippen LogP contribution in [-0.4, -0.2) is 6.54 Å². The van der Waals surface area contributed by atoms with E-state index in [1.807, 2.05) is 24.3 Å². The molecule has 0 saturated heterocycles. The van der Waals surface area contributed by atoms with Crippen LogP contribution in [0.3, 0.4) is 0 Å². The van der Waals surface area contributed by atoms with Crippen LogP contribution in [0.1, 0.15) is 30.5 Å². The Bertz CT molecular complexity index is 741. The summed E-state index contributed by atoms with van der Waals surface area (Å²) in [4.78, 5) is 2.30. The summed E-state index contributed by atoms with van der Waals surface area (Å²) >= 11 is 0. The molecule has 24 heavy (non-hydrogen) atoms. The van der Waals surface area contributed by atoms with Gasteiger partial charge in [-0.2, -0.15) is 0 Å². The molecule has 1 unspecified atom stereocenters. The number of benzene rings is 2. The van der Waals surface area contributed by atoms with Gasteiger partial charge in [-0.05, 0) is 61.6 Å². The highest BCUT2D eigenvalue weighted by Crippen LogP contribution is 2.31. The Morgan fingerprint density at radius 1 is 1.08 bits per heavy atom. The Balaban J connectivity index is 2.45. The van der Waals surface area contributed by atoms with Crippen molar-refractivity contribution in [1.29, 1.82) is 0 Å². The van der Waals surface area contributed by atoms with Crippen molar-refractivity contribution < 1.29 is 0 Å². The van der Waals surface area contributed by atoms with Crippen LogP contribution in [-0.2, 0) is 0 Å². The van der Waals surface area contributed by atoms with Crippen LogP contribution in [0.5, 0.6) is 0 Å².